The number of halogens is 3. The summed E-state index contributed by atoms with van der Waals surface area (Å²) in [7, 11) is -4.57. The van der Waals surface area contributed by atoms with Crippen LogP contribution in [0, 0.1) is 11.8 Å². The lowest BCUT2D eigenvalue weighted by Gasteiger charge is -2.23. The number of hydrogen-bond donors (Lipinski definition) is 3. The molecule has 0 saturated carbocycles. The van der Waals surface area contributed by atoms with Crippen LogP contribution in [0.25, 0.3) is 10.8 Å². The van der Waals surface area contributed by atoms with Crippen molar-refractivity contribution in [1.82, 2.24) is 9.71 Å². The molecular weight excluding hydrogens is 605 g/mol. The van der Waals surface area contributed by atoms with Gasteiger partial charge in [-0.1, -0.05) is 30.2 Å². The highest BCUT2D eigenvalue weighted by molar-refractivity contribution is 7.89. The van der Waals surface area contributed by atoms with E-state index in [1.807, 2.05) is 29.0 Å². The maximum absolute atomic E-state index is 12.7. The van der Waals surface area contributed by atoms with Crippen LogP contribution in [0.15, 0.2) is 83.8 Å². The van der Waals surface area contributed by atoms with Gasteiger partial charge in [0.2, 0.25) is 10.0 Å². The number of nitrogens with zero attached hydrogens (tertiary/aromatic N) is 1. The van der Waals surface area contributed by atoms with Gasteiger partial charge in [0.15, 0.2) is 5.66 Å². The molecule has 11 nitrogen and oxygen atoms in total. The molecule has 0 aliphatic rings. The van der Waals surface area contributed by atoms with Crippen molar-refractivity contribution in [2.75, 3.05) is 5.73 Å². The Kier molecular flexibility index (Phi) is 8.72. The number of carbonyl (C=O) groups excluding carboxylic acids is 3. The fourth-order valence-electron chi connectivity index (χ4n) is 3.62. The number of carbonyl (C=O) groups is 3. The summed E-state index contributed by atoms with van der Waals surface area (Å²) in [5, 5.41) is 1.67. The zero-order chi connectivity index (χ0) is 32.3. The van der Waals surface area contributed by atoms with E-state index >= 15 is 0 Å². The second-order valence-corrected chi connectivity index (χ2v) is 11.0. The van der Waals surface area contributed by atoms with Gasteiger partial charge in [-0.15, -0.1) is 0 Å². The molecule has 0 aliphatic heterocycles. The van der Waals surface area contributed by atoms with Gasteiger partial charge in [0.05, 0.1) is 10.5 Å². The summed E-state index contributed by atoms with van der Waals surface area (Å²) in [6.07, 6.45) is -5.26. The molecule has 0 amide bonds. The lowest BCUT2D eigenvalue weighted by atomic mass is 10.1. The lowest BCUT2D eigenvalue weighted by Crippen LogP contribution is -2.60. The largest absolute Gasteiger partial charge is 0.491 e. The van der Waals surface area contributed by atoms with Crippen molar-refractivity contribution in [3.63, 3.8) is 0 Å². The van der Waals surface area contributed by atoms with Gasteiger partial charge in [0, 0.05) is 10.9 Å². The van der Waals surface area contributed by atoms with Gasteiger partial charge in [-0.05, 0) is 72.8 Å². The summed E-state index contributed by atoms with van der Waals surface area (Å²) in [6.45, 7) is 0.923. The molecule has 1 atom stereocenters. The van der Waals surface area contributed by atoms with Crippen LogP contribution >= 0.6 is 0 Å². The molecule has 44 heavy (non-hydrogen) atoms. The Hall–Kier alpha value is -5.30. The molecule has 4 rings (SSSR count). The quantitative estimate of drug-likeness (QED) is 0.0946. The number of ether oxygens (including phenoxy) is 2. The Labute approximate surface area is 248 Å². The third-order valence-electron chi connectivity index (χ3n) is 5.74. The maximum atomic E-state index is 12.7. The Bertz CT molecular complexity index is 1930. The Morgan fingerprint density at radius 2 is 1.55 bits per heavy atom. The maximum Gasteiger partial charge on any atom is 0.491 e. The third-order valence-corrected chi connectivity index (χ3v) is 7.32. The number of aromatic nitrogens is 1. The minimum atomic E-state index is -5.26. The van der Waals surface area contributed by atoms with E-state index in [1.54, 1.807) is 6.07 Å². The van der Waals surface area contributed by atoms with Crippen molar-refractivity contribution in [1.29, 1.82) is 0 Å². The predicted octanol–water partition coefficient (Wildman–Crippen LogP) is 3.02. The Morgan fingerprint density at radius 1 is 0.909 bits per heavy atom. The summed E-state index contributed by atoms with van der Waals surface area (Å²) < 4.78 is 73.2. The molecule has 5 N–H and O–H groups in total. The van der Waals surface area contributed by atoms with Crippen LogP contribution in [-0.4, -0.2) is 43.1 Å². The van der Waals surface area contributed by atoms with Crippen LogP contribution in [0.3, 0.4) is 0 Å². The number of fused-ring (bicyclic) bond motifs is 1. The number of hydrogen-bond acceptors (Lipinski definition) is 10. The highest BCUT2D eigenvalue weighted by Crippen LogP contribution is 2.22. The van der Waals surface area contributed by atoms with Gasteiger partial charge >= 0.3 is 24.1 Å². The van der Waals surface area contributed by atoms with Crippen LogP contribution in [0.4, 0.5) is 19.0 Å². The first-order valence-electron chi connectivity index (χ1n) is 12.3. The fourth-order valence-corrected chi connectivity index (χ4v) is 4.87. The molecule has 15 heteroatoms. The number of anilines is 1. The number of esters is 3. The minimum Gasteiger partial charge on any atom is -0.420 e. The van der Waals surface area contributed by atoms with E-state index in [0.29, 0.717) is 17.1 Å². The van der Waals surface area contributed by atoms with Gasteiger partial charge < -0.3 is 20.9 Å². The summed E-state index contributed by atoms with van der Waals surface area (Å²) >= 11 is 0. The number of nitrogen functional groups attached to an aromatic ring is 1. The van der Waals surface area contributed by atoms with Gasteiger partial charge in [-0.3, -0.25) is 0 Å². The van der Waals surface area contributed by atoms with Gasteiger partial charge in [0.25, 0.3) is 0 Å². The Morgan fingerprint density at radius 3 is 2.18 bits per heavy atom. The van der Waals surface area contributed by atoms with E-state index in [0.717, 1.165) is 42.0 Å². The normalized spacial score (nSPS) is 12.8. The Balaban J connectivity index is 1.40. The molecule has 3 aromatic carbocycles. The molecule has 1 heterocycles. The summed E-state index contributed by atoms with van der Waals surface area (Å²) in [4.78, 5) is 39.8. The number of nitrogens with two attached hydrogens (primary N) is 2. The molecular formula is C29H21F3N4O7S. The zero-order valence-electron chi connectivity index (χ0n) is 22.5. The van der Waals surface area contributed by atoms with Crippen molar-refractivity contribution in [3.8, 4) is 17.6 Å². The van der Waals surface area contributed by atoms with Crippen LogP contribution < -0.4 is 20.9 Å². The first-order chi connectivity index (χ1) is 20.5. The van der Waals surface area contributed by atoms with Crippen molar-refractivity contribution < 1.29 is 45.4 Å². The number of nitrogens with one attached hydrogen (secondary N) is 1. The predicted molar refractivity (Wildman–Crippen MR) is 150 cm³/mol. The van der Waals surface area contributed by atoms with E-state index in [-0.39, 0.29) is 5.56 Å². The van der Waals surface area contributed by atoms with E-state index < -0.39 is 50.4 Å². The number of alkyl halides is 3. The molecule has 0 aliphatic carbocycles. The first kappa shape index (κ1) is 31.6. The van der Waals surface area contributed by atoms with Crippen molar-refractivity contribution >= 4 is 44.5 Å². The van der Waals surface area contributed by atoms with Gasteiger partial charge in [-0.2, -0.15) is 17.9 Å². The number of sulfonamides is 1. The summed E-state index contributed by atoms with van der Waals surface area (Å²) in [5.74, 6) is 0.480. The highest BCUT2D eigenvalue weighted by Gasteiger charge is 2.41. The topological polar surface area (TPSA) is 181 Å². The van der Waals surface area contributed by atoms with E-state index in [2.05, 4.69) is 21.6 Å². The highest BCUT2D eigenvalue weighted by atomic mass is 32.2. The van der Waals surface area contributed by atoms with E-state index in [4.69, 9.17) is 16.2 Å². The van der Waals surface area contributed by atoms with Crippen LogP contribution in [0.2, 0.25) is 0 Å². The minimum absolute atomic E-state index is 0.0703. The molecule has 4 aromatic rings. The number of benzene rings is 3. The van der Waals surface area contributed by atoms with Crippen LogP contribution in [0.5, 0.6) is 5.75 Å². The smallest absolute Gasteiger partial charge is 0.420 e. The number of pyridine rings is 1. The average Bonchev–Trinajstić information content (AvgIpc) is 2.95. The molecule has 1 aromatic heterocycles. The average molecular weight is 627 g/mol. The SMILES string of the molecule is C[C@](N)(NS(=O)(=O)c1ccc(OC(=O)C(F)(F)F)cc1)C(=O)OC(=O)c1ccc(C#Cc2nc(N)cc3ccccc23)cc1. The third kappa shape index (κ3) is 7.55. The fraction of sp³-hybridized carbons (Fsp3) is 0.103. The zero-order valence-corrected chi connectivity index (χ0v) is 23.3. The monoisotopic (exact) mass is 626 g/mol. The van der Waals surface area contributed by atoms with Gasteiger partial charge in [-0.25, -0.2) is 27.8 Å². The number of rotatable bonds is 6. The lowest BCUT2D eigenvalue weighted by molar-refractivity contribution is -0.189. The van der Waals surface area contributed by atoms with Crippen molar-refractivity contribution in [2.24, 2.45) is 5.73 Å². The molecule has 0 unspecified atom stereocenters. The standard InChI is InChI=1S/C29H21F3N4O7S/c1-28(34,36-44(40,41)21-13-11-20(12-14-21)42-27(39)29(30,31)32)26(38)43-25(37)18-9-6-17(7-10-18)8-15-23-22-5-3-2-4-19(22)16-24(33)35-23/h2-7,9-14,16,36H,34H2,1H3,(H2,33,35)/t28-/m0/s1. The molecule has 0 bridgehead atoms. The summed E-state index contributed by atoms with van der Waals surface area (Å²) in [6, 6.07) is 18.0. The van der Waals surface area contributed by atoms with E-state index in [9.17, 15) is 36.0 Å². The molecule has 0 radical (unpaired) electrons. The van der Waals surface area contributed by atoms with Crippen LogP contribution in [-0.2, 0) is 24.3 Å². The molecule has 226 valence electrons. The second kappa shape index (κ2) is 12.1. The molecule has 0 spiro atoms. The molecule has 0 saturated heterocycles. The first-order valence-corrected chi connectivity index (χ1v) is 13.8. The summed E-state index contributed by atoms with van der Waals surface area (Å²) in [5.41, 5.74) is 10.1. The van der Waals surface area contributed by atoms with Gasteiger partial charge in [0.1, 0.15) is 17.3 Å². The van der Waals surface area contributed by atoms with Crippen molar-refractivity contribution in [3.05, 3.63) is 95.7 Å². The molecule has 0 fully saturated rings. The van der Waals surface area contributed by atoms with Crippen LogP contribution in [0.1, 0.15) is 28.5 Å². The van der Waals surface area contributed by atoms with Crippen molar-refractivity contribution in [2.45, 2.75) is 23.7 Å². The second-order valence-electron chi connectivity index (χ2n) is 9.29. The van der Waals surface area contributed by atoms with E-state index in [1.165, 1.54) is 24.3 Å².